The van der Waals surface area contributed by atoms with Gasteiger partial charge in [-0.3, -0.25) is 4.90 Å². The molecule has 0 aliphatic carbocycles. The molecule has 1 saturated heterocycles. The first-order valence-corrected chi connectivity index (χ1v) is 7.44. The van der Waals surface area contributed by atoms with Crippen LogP contribution in [0.25, 0.3) is 0 Å². The Labute approximate surface area is 137 Å². The molecule has 1 aromatic carbocycles. The molecule has 0 bridgehead atoms. The number of piperazine rings is 1. The minimum absolute atomic E-state index is 0. The molecule has 0 unspecified atom stereocenters. The van der Waals surface area contributed by atoms with Crippen LogP contribution in [0.5, 0.6) is 0 Å². The van der Waals surface area contributed by atoms with Crippen LogP contribution in [0.1, 0.15) is 23.6 Å². The SMILES string of the molecule is Cc1ccc([C@H](CC(F)(F)F)N2CCNCC2)cc1Br.Cl. The molecule has 120 valence electrons. The highest BCUT2D eigenvalue weighted by Gasteiger charge is 2.36. The van der Waals surface area contributed by atoms with Gasteiger partial charge in [0.1, 0.15) is 0 Å². The second kappa shape index (κ2) is 7.81. The van der Waals surface area contributed by atoms with Crippen molar-refractivity contribution in [2.24, 2.45) is 0 Å². The van der Waals surface area contributed by atoms with Gasteiger partial charge in [0, 0.05) is 36.7 Å². The summed E-state index contributed by atoms with van der Waals surface area (Å²) in [6.45, 7) is 4.69. The summed E-state index contributed by atoms with van der Waals surface area (Å²) >= 11 is 3.41. The molecule has 1 fully saturated rings. The summed E-state index contributed by atoms with van der Waals surface area (Å²) in [4.78, 5) is 1.92. The van der Waals surface area contributed by atoms with Gasteiger partial charge in [0.25, 0.3) is 0 Å². The van der Waals surface area contributed by atoms with Crippen molar-refractivity contribution in [2.75, 3.05) is 26.2 Å². The van der Waals surface area contributed by atoms with Gasteiger partial charge in [0.05, 0.1) is 6.42 Å². The molecule has 2 rings (SSSR count). The van der Waals surface area contributed by atoms with Crippen molar-refractivity contribution in [3.63, 3.8) is 0 Å². The molecule has 21 heavy (non-hydrogen) atoms. The molecule has 2 nitrogen and oxygen atoms in total. The second-order valence-electron chi connectivity index (χ2n) is 5.13. The number of aryl methyl sites for hydroxylation is 1. The molecule has 0 aromatic heterocycles. The molecule has 1 aromatic rings. The molecule has 1 N–H and O–H groups in total. The van der Waals surface area contributed by atoms with Crippen LogP contribution < -0.4 is 5.32 Å². The van der Waals surface area contributed by atoms with Gasteiger partial charge in [-0.1, -0.05) is 28.1 Å². The van der Waals surface area contributed by atoms with Gasteiger partial charge in [-0.15, -0.1) is 12.4 Å². The van der Waals surface area contributed by atoms with Gasteiger partial charge in [-0.25, -0.2) is 0 Å². The number of benzene rings is 1. The predicted octanol–water partition coefficient (Wildman–Crippen LogP) is 4.08. The van der Waals surface area contributed by atoms with E-state index in [0.717, 1.165) is 28.7 Å². The highest BCUT2D eigenvalue weighted by atomic mass is 79.9. The van der Waals surface area contributed by atoms with E-state index in [9.17, 15) is 13.2 Å². The zero-order valence-corrected chi connectivity index (χ0v) is 14.1. The van der Waals surface area contributed by atoms with Crippen LogP contribution in [0.15, 0.2) is 22.7 Å². The van der Waals surface area contributed by atoms with E-state index in [1.165, 1.54) is 0 Å². The Balaban J connectivity index is 0.00000220. The Morgan fingerprint density at radius 1 is 1.29 bits per heavy atom. The number of halogens is 5. The Hall–Kier alpha value is -0.300. The highest BCUT2D eigenvalue weighted by Crippen LogP contribution is 2.35. The fourth-order valence-electron chi connectivity index (χ4n) is 2.49. The maximum absolute atomic E-state index is 12.9. The third-order valence-corrected chi connectivity index (χ3v) is 4.45. The van der Waals surface area contributed by atoms with Crippen LogP contribution in [0, 0.1) is 6.92 Å². The van der Waals surface area contributed by atoms with Gasteiger partial charge in [-0.05, 0) is 24.1 Å². The Morgan fingerprint density at radius 2 is 1.90 bits per heavy atom. The van der Waals surface area contributed by atoms with E-state index in [1.807, 2.05) is 24.0 Å². The lowest BCUT2D eigenvalue weighted by atomic mass is 9.99. The first-order valence-electron chi connectivity index (χ1n) is 6.64. The number of hydrogen-bond acceptors (Lipinski definition) is 2. The molecule has 0 saturated carbocycles. The van der Waals surface area contributed by atoms with Crippen LogP contribution in [0.3, 0.4) is 0 Å². The summed E-state index contributed by atoms with van der Waals surface area (Å²) in [5, 5.41) is 3.17. The van der Waals surface area contributed by atoms with Crippen LogP contribution in [-0.4, -0.2) is 37.3 Å². The molecular formula is C14H19BrClF3N2. The summed E-state index contributed by atoms with van der Waals surface area (Å²) in [7, 11) is 0. The second-order valence-corrected chi connectivity index (χ2v) is 5.98. The minimum atomic E-state index is -4.16. The predicted molar refractivity (Wildman–Crippen MR) is 84.0 cm³/mol. The Bertz CT molecular complexity index is 462. The van der Waals surface area contributed by atoms with E-state index in [4.69, 9.17) is 0 Å². The van der Waals surface area contributed by atoms with E-state index in [0.29, 0.717) is 13.1 Å². The van der Waals surface area contributed by atoms with Gasteiger partial charge in [-0.2, -0.15) is 13.2 Å². The normalized spacial score (nSPS) is 18.1. The monoisotopic (exact) mass is 386 g/mol. The van der Waals surface area contributed by atoms with Gasteiger partial charge < -0.3 is 5.32 Å². The molecule has 1 aliphatic heterocycles. The summed E-state index contributed by atoms with van der Waals surface area (Å²) in [6, 6.07) is 4.88. The average molecular weight is 388 g/mol. The first kappa shape index (κ1) is 18.7. The van der Waals surface area contributed by atoms with E-state index < -0.39 is 18.6 Å². The lowest BCUT2D eigenvalue weighted by Gasteiger charge is -2.35. The third-order valence-electron chi connectivity index (χ3n) is 3.60. The maximum atomic E-state index is 12.9. The molecular weight excluding hydrogens is 369 g/mol. The summed E-state index contributed by atoms with van der Waals surface area (Å²) in [6.07, 6.45) is -4.96. The molecule has 1 aliphatic rings. The van der Waals surface area contributed by atoms with Crippen LogP contribution in [-0.2, 0) is 0 Å². The quantitative estimate of drug-likeness (QED) is 0.841. The highest BCUT2D eigenvalue weighted by molar-refractivity contribution is 9.10. The number of hydrogen-bond donors (Lipinski definition) is 1. The van der Waals surface area contributed by atoms with Crippen molar-refractivity contribution in [1.29, 1.82) is 0 Å². The first-order chi connectivity index (χ1) is 9.37. The van der Waals surface area contributed by atoms with Crippen molar-refractivity contribution in [1.82, 2.24) is 10.2 Å². The summed E-state index contributed by atoms with van der Waals surface area (Å²) in [5.74, 6) is 0. The average Bonchev–Trinajstić information content (AvgIpc) is 2.39. The number of nitrogens with one attached hydrogen (secondary N) is 1. The fraction of sp³-hybridized carbons (Fsp3) is 0.571. The van der Waals surface area contributed by atoms with E-state index in [-0.39, 0.29) is 12.4 Å². The van der Waals surface area contributed by atoms with Crippen molar-refractivity contribution < 1.29 is 13.2 Å². The maximum Gasteiger partial charge on any atom is 0.390 e. The standard InChI is InChI=1S/C14H18BrF3N2.ClH/c1-10-2-3-11(8-12(10)15)13(9-14(16,17)18)20-6-4-19-5-7-20;/h2-3,8,13,19H,4-7,9H2,1H3;1H/t13-;/m0./s1. The van der Waals surface area contributed by atoms with E-state index >= 15 is 0 Å². The lowest BCUT2D eigenvalue weighted by molar-refractivity contribution is -0.148. The topological polar surface area (TPSA) is 15.3 Å². The lowest BCUT2D eigenvalue weighted by Crippen LogP contribution is -2.46. The Kier molecular flexibility index (Phi) is 6.97. The number of alkyl halides is 3. The van der Waals surface area contributed by atoms with Crippen molar-refractivity contribution >= 4 is 28.3 Å². The van der Waals surface area contributed by atoms with Gasteiger partial charge in [0.15, 0.2) is 0 Å². The molecule has 0 amide bonds. The smallest absolute Gasteiger partial charge is 0.314 e. The van der Waals surface area contributed by atoms with Gasteiger partial charge >= 0.3 is 6.18 Å². The van der Waals surface area contributed by atoms with Crippen molar-refractivity contribution in [2.45, 2.75) is 25.6 Å². The number of rotatable bonds is 3. The summed E-state index contributed by atoms with van der Waals surface area (Å²) in [5.41, 5.74) is 1.75. The molecule has 7 heteroatoms. The van der Waals surface area contributed by atoms with Crippen LogP contribution >= 0.6 is 28.3 Å². The number of nitrogens with zero attached hydrogens (tertiary/aromatic N) is 1. The van der Waals surface area contributed by atoms with Crippen molar-refractivity contribution in [3.8, 4) is 0 Å². The third kappa shape index (κ3) is 5.43. The van der Waals surface area contributed by atoms with Crippen LogP contribution in [0.2, 0.25) is 0 Å². The van der Waals surface area contributed by atoms with Crippen LogP contribution in [0.4, 0.5) is 13.2 Å². The zero-order chi connectivity index (χ0) is 14.8. The molecule has 1 atom stereocenters. The summed E-state index contributed by atoms with van der Waals surface area (Å²) < 4.78 is 39.5. The van der Waals surface area contributed by atoms with E-state index in [2.05, 4.69) is 21.2 Å². The van der Waals surface area contributed by atoms with Gasteiger partial charge in [0.2, 0.25) is 0 Å². The largest absolute Gasteiger partial charge is 0.390 e. The van der Waals surface area contributed by atoms with E-state index in [1.54, 1.807) is 6.07 Å². The fourth-order valence-corrected chi connectivity index (χ4v) is 2.88. The zero-order valence-electron chi connectivity index (χ0n) is 11.7. The molecule has 0 spiro atoms. The Morgan fingerprint density at radius 3 is 2.43 bits per heavy atom. The molecule has 0 radical (unpaired) electrons. The minimum Gasteiger partial charge on any atom is -0.314 e. The molecule has 1 heterocycles. The van der Waals surface area contributed by atoms with Crippen molar-refractivity contribution in [3.05, 3.63) is 33.8 Å².